The third-order valence-corrected chi connectivity index (χ3v) is 7.10. The number of hydrogen-bond donors (Lipinski definition) is 3. The highest BCUT2D eigenvalue weighted by Gasteiger charge is 2.10. The molecule has 0 unspecified atom stereocenters. The fourth-order valence-electron chi connectivity index (χ4n) is 2.74. The van der Waals surface area contributed by atoms with Gasteiger partial charge in [-0.15, -0.1) is 21.5 Å². The highest BCUT2D eigenvalue weighted by atomic mass is 32.2. The Balaban J connectivity index is 1.35. The molecule has 2 amide bonds. The van der Waals surface area contributed by atoms with E-state index in [0.717, 1.165) is 26.3 Å². The van der Waals surface area contributed by atoms with Crippen LogP contribution in [0, 0.1) is 0 Å². The Labute approximate surface area is 196 Å². The Morgan fingerprint density at radius 2 is 1.88 bits per heavy atom. The predicted molar refractivity (Wildman–Crippen MR) is 130 cm³/mol. The van der Waals surface area contributed by atoms with Gasteiger partial charge < -0.3 is 16.4 Å². The number of hydrogen-bond acceptors (Lipinski definition) is 9. The molecule has 11 heteroatoms. The van der Waals surface area contributed by atoms with Gasteiger partial charge in [0.15, 0.2) is 4.34 Å². The maximum Gasteiger partial charge on any atom is 0.248 e. The first-order valence-electron chi connectivity index (χ1n) is 9.42. The number of nitrogens with one attached hydrogen (secondary N) is 2. The van der Waals surface area contributed by atoms with E-state index in [1.165, 1.54) is 18.3 Å². The molecule has 0 aliphatic heterocycles. The van der Waals surface area contributed by atoms with Crippen LogP contribution in [-0.4, -0.2) is 27.0 Å². The quantitative estimate of drug-likeness (QED) is 0.310. The minimum absolute atomic E-state index is 0.121. The van der Waals surface area contributed by atoms with Gasteiger partial charge in [0.05, 0.1) is 5.69 Å². The zero-order valence-corrected chi connectivity index (χ0v) is 19.3. The Bertz CT molecular complexity index is 1250. The number of thioether (sulfide) groups is 1. The fourth-order valence-corrected chi connectivity index (χ4v) is 5.33. The highest BCUT2D eigenvalue weighted by molar-refractivity contribution is 8.00. The first-order chi connectivity index (χ1) is 15.5. The SMILES string of the molecule is CC(=O)Nc1cccc(Nc2nnc(SCc3csc(-c4ccc(C(N)=O)cc4)n3)s2)c1. The molecular formula is C21H18N6O2S3. The van der Waals surface area contributed by atoms with Gasteiger partial charge in [-0.05, 0) is 30.3 Å². The summed E-state index contributed by atoms with van der Waals surface area (Å²) in [6.45, 7) is 1.47. The van der Waals surface area contributed by atoms with Gasteiger partial charge >= 0.3 is 0 Å². The number of primary amides is 1. The Morgan fingerprint density at radius 1 is 1.09 bits per heavy atom. The fraction of sp³-hybridized carbons (Fsp3) is 0.0952. The Kier molecular flexibility index (Phi) is 6.78. The highest BCUT2D eigenvalue weighted by Crippen LogP contribution is 2.32. The summed E-state index contributed by atoms with van der Waals surface area (Å²) in [6, 6.07) is 14.5. The summed E-state index contributed by atoms with van der Waals surface area (Å²) in [5.41, 5.74) is 9.18. The molecule has 4 aromatic rings. The van der Waals surface area contributed by atoms with Gasteiger partial charge in [-0.25, -0.2) is 4.98 Å². The normalized spacial score (nSPS) is 10.7. The van der Waals surface area contributed by atoms with Crippen molar-refractivity contribution in [1.29, 1.82) is 0 Å². The smallest absolute Gasteiger partial charge is 0.248 e. The lowest BCUT2D eigenvalue weighted by Crippen LogP contribution is -2.10. The van der Waals surface area contributed by atoms with Crippen LogP contribution >= 0.6 is 34.4 Å². The second kappa shape index (κ2) is 9.90. The lowest BCUT2D eigenvalue weighted by atomic mass is 10.1. The van der Waals surface area contributed by atoms with Crippen molar-refractivity contribution >= 4 is 62.8 Å². The largest absolute Gasteiger partial charge is 0.366 e. The van der Waals surface area contributed by atoms with Gasteiger partial charge in [-0.2, -0.15) is 0 Å². The van der Waals surface area contributed by atoms with E-state index in [0.29, 0.717) is 22.1 Å². The summed E-state index contributed by atoms with van der Waals surface area (Å²) >= 11 is 4.56. The Morgan fingerprint density at radius 3 is 2.62 bits per heavy atom. The first kappa shape index (κ1) is 21.9. The van der Waals surface area contributed by atoms with E-state index in [-0.39, 0.29) is 5.91 Å². The topological polar surface area (TPSA) is 123 Å². The van der Waals surface area contributed by atoms with E-state index >= 15 is 0 Å². The molecule has 0 spiro atoms. The minimum Gasteiger partial charge on any atom is -0.366 e. The van der Waals surface area contributed by atoms with E-state index in [1.54, 1.807) is 35.2 Å². The second-order valence-electron chi connectivity index (χ2n) is 6.63. The lowest BCUT2D eigenvalue weighted by Gasteiger charge is -2.05. The molecule has 0 aliphatic rings. The number of amides is 2. The number of aromatic nitrogens is 3. The maximum absolute atomic E-state index is 11.2. The van der Waals surface area contributed by atoms with Crippen molar-refractivity contribution in [2.24, 2.45) is 5.73 Å². The van der Waals surface area contributed by atoms with Crippen molar-refractivity contribution in [1.82, 2.24) is 15.2 Å². The summed E-state index contributed by atoms with van der Waals surface area (Å²) in [7, 11) is 0. The van der Waals surface area contributed by atoms with E-state index in [9.17, 15) is 9.59 Å². The maximum atomic E-state index is 11.2. The molecule has 2 aromatic carbocycles. The Hall–Kier alpha value is -3.28. The van der Waals surface area contributed by atoms with Crippen molar-refractivity contribution in [2.75, 3.05) is 10.6 Å². The van der Waals surface area contributed by atoms with E-state index in [4.69, 9.17) is 5.73 Å². The molecule has 2 aromatic heterocycles. The number of carbonyl (C=O) groups is 2. The van der Waals surface area contributed by atoms with Gasteiger partial charge in [0.2, 0.25) is 16.9 Å². The number of nitrogens with zero attached hydrogens (tertiary/aromatic N) is 3. The molecule has 8 nitrogen and oxygen atoms in total. The summed E-state index contributed by atoms with van der Waals surface area (Å²) in [4.78, 5) is 27.1. The van der Waals surface area contributed by atoms with Crippen LogP contribution in [-0.2, 0) is 10.5 Å². The lowest BCUT2D eigenvalue weighted by molar-refractivity contribution is -0.114. The van der Waals surface area contributed by atoms with Crippen LogP contribution in [0.3, 0.4) is 0 Å². The van der Waals surface area contributed by atoms with Gasteiger partial charge in [-0.1, -0.05) is 41.3 Å². The van der Waals surface area contributed by atoms with Crippen molar-refractivity contribution in [3.63, 3.8) is 0 Å². The third kappa shape index (κ3) is 5.69. The molecule has 4 rings (SSSR count). The van der Waals surface area contributed by atoms with Crippen LogP contribution in [0.5, 0.6) is 0 Å². The molecular weight excluding hydrogens is 464 g/mol. The van der Waals surface area contributed by atoms with E-state index < -0.39 is 5.91 Å². The van der Waals surface area contributed by atoms with Gasteiger partial charge in [0.25, 0.3) is 0 Å². The van der Waals surface area contributed by atoms with Crippen LogP contribution in [0.15, 0.2) is 58.3 Å². The monoisotopic (exact) mass is 482 g/mol. The van der Waals surface area contributed by atoms with Gasteiger partial charge in [0, 0.05) is 40.6 Å². The molecule has 4 N–H and O–H groups in total. The van der Waals surface area contributed by atoms with Gasteiger partial charge in [0.1, 0.15) is 5.01 Å². The molecule has 32 heavy (non-hydrogen) atoms. The van der Waals surface area contributed by atoms with Crippen LogP contribution < -0.4 is 16.4 Å². The van der Waals surface area contributed by atoms with Crippen LogP contribution in [0.2, 0.25) is 0 Å². The van der Waals surface area contributed by atoms with Crippen LogP contribution in [0.25, 0.3) is 10.6 Å². The van der Waals surface area contributed by atoms with E-state index in [2.05, 4.69) is 25.8 Å². The van der Waals surface area contributed by atoms with Crippen molar-refractivity contribution in [3.05, 3.63) is 65.2 Å². The first-order valence-corrected chi connectivity index (χ1v) is 12.1. The molecule has 0 aliphatic carbocycles. The van der Waals surface area contributed by atoms with Crippen LogP contribution in [0.1, 0.15) is 23.0 Å². The average molecular weight is 483 g/mol. The van der Waals surface area contributed by atoms with Crippen LogP contribution in [0.4, 0.5) is 16.5 Å². The average Bonchev–Trinajstić information content (AvgIpc) is 3.41. The molecule has 162 valence electrons. The van der Waals surface area contributed by atoms with Gasteiger partial charge in [-0.3, -0.25) is 9.59 Å². The molecule has 0 atom stereocenters. The minimum atomic E-state index is -0.445. The third-order valence-electron chi connectivity index (χ3n) is 4.15. The second-order valence-corrected chi connectivity index (χ2v) is 9.69. The molecule has 2 heterocycles. The number of carbonyl (C=O) groups excluding carboxylic acids is 2. The van der Waals surface area contributed by atoms with E-state index in [1.807, 2.05) is 41.8 Å². The number of thiazole rings is 1. The number of rotatable bonds is 8. The number of benzene rings is 2. The van der Waals surface area contributed by atoms with Crippen molar-refractivity contribution in [3.8, 4) is 10.6 Å². The number of anilines is 3. The standard InChI is InChI=1S/C21H18N6O2S3/c1-12(28)23-15-3-2-4-16(9-15)25-20-26-27-21(32-20)31-11-17-10-30-19(24-17)14-7-5-13(6-8-14)18(22)29/h2-10H,11H2,1H3,(H2,22,29)(H,23,28)(H,25,26). The molecule has 0 fully saturated rings. The molecule has 0 bridgehead atoms. The molecule has 0 saturated heterocycles. The zero-order valence-electron chi connectivity index (χ0n) is 16.9. The predicted octanol–water partition coefficient (Wildman–Crippen LogP) is 4.75. The summed E-state index contributed by atoms with van der Waals surface area (Å²) in [6.07, 6.45) is 0. The molecule has 0 saturated carbocycles. The van der Waals surface area contributed by atoms with Crippen molar-refractivity contribution in [2.45, 2.75) is 17.0 Å². The summed E-state index contributed by atoms with van der Waals surface area (Å²) in [5.74, 6) is 0.103. The summed E-state index contributed by atoms with van der Waals surface area (Å²) < 4.78 is 0.825. The van der Waals surface area contributed by atoms with Crippen molar-refractivity contribution < 1.29 is 9.59 Å². The number of nitrogens with two attached hydrogens (primary N) is 1. The molecule has 0 radical (unpaired) electrons. The zero-order chi connectivity index (χ0) is 22.5. The summed E-state index contributed by atoms with van der Waals surface area (Å²) in [5, 5.41) is 17.9.